The van der Waals surface area contributed by atoms with Crippen LogP contribution >= 0.6 is 0 Å². The maximum Gasteiger partial charge on any atom is 0.253 e. The number of hydrogen-bond donors (Lipinski definition) is 2. The van der Waals surface area contributed by atoms with Crippen molar-refractivity contribution >= 4 is 17.5 Å². The molecule has 0 aliphatic carbocycles. The van der Waals surface area contributed by atoms with Crippen LogP contribution in [0.3, 0.4) is 0 Å². The molecule has 0 saturated heterocycles. The smallest absolute Gasteiger partial charge is 0.253 e. The summed E-state index contributed by atoms with van der Waals surface area (Å²) >= 11 is 0. The van der Waals surface area contributed by atoms with E-state index in [1.165, 1.54) is 13.2 Å². The monoisotopic (exact) mass is 449 g/mol. The first-order valence-electron chi connectivity index (χ1n) is 10.8. The highest BCUT2D eigenvalue weighted by Gasteiger charge is 2.15. The van der Waals surface area contributed by atoms with Crippen molar-refractivity contribution in [3.63, 3.8) is 0 Å². The number of nitrogens with one attached hydrogen (secondary N) is 2. The molecule has 3 aromatic rings. The summed E-state index contributed by atoms with van der Waals surface area (Å²) in [4.78, 5) is 27.3. The second-order valence-electron chi connectivity index (χ2n) is 7.53. The average Bonchev–Trinajstić information content (AvgIpc) is 2.83. The minimum absolute atomic E-state index is 0.101. The lowest BCUT2D eigenvalue weighted by Gasteiger charge is -2.20. The Kier molecular flexibility index (Phi) is 8.55. The number of ether oxygens (including phenoxy) is 1. The molecule has 0 radical (unpaired) electrons. The fourth-order valence-corrected chi connectivity index (χ4v) is 3.40. The van der Waals surface area contributed by atoms with Crippen LogP contribution in [-0.2, 0) is 17.9 Å². The molecule has 0 aliphatic heterocycles. The van der Waals surface area contributed by atoms with Gasteiger partial charge in [-0.15, -0.1) is 0 Å². The first kappa shape index (κ1) is 23.9. The predicted octanol–water partition coefficient (Wildman–Crippen LogP) is 4.22. The van der Waals surface area contributed by atoms with E-state index in [9.17, 15) is 14.0 Å². The molecule has 0 saturated carbocycles. The van der Waals surface area contributed by atoms with Crippen molar-refractivity contribution in [1.29, 1.82) is 0 Å². The lowest BCUT2D eigenvalue weighted by molar-refractivity contribution is -0.117. The summed E-state index contributed by atoms with van der Waals surface area (Å²) in [6.07, 6.45) is 0. The number of anilines is 1. The van der Waals surface area contributed by atoms with Crippen molar-refractivity contribution < 1.29 is 18.7 Å². The van der Waals surface area contributed by atoms with Gasteiger partial charge in [0.1, 0.15) is 0 Å². The van der Waals surface area contributed by atoms with Crippen molar-refractivity contribution in [2.45, 2.75) is 20.0 Å². The summed E-state index contributed by atoms with van der Waals surface area (Å²) in [6, 6.07) is 21.3. The maximum atomic E-state index is 14.0. The predicted molar refractivity (Wildman–Crippen MR) is 127 cm³/mol. The van der Waals surface area contributed by atoms with Gasteiger partial charge in [0.05, 0.1) is 24.9 Å². The summed E-state index contributed by atoms with van der Waals surface area (Å²) in [6.45, 7) is 3.43. The maximum absolute atomic E-state index is 14.0. The molecular formula is C26H28FN3O3. The highest BCUT2D eigenvalue weighted by atomic mass is 19.1. The van der Waals surface area contributed by atoms with E-state index in [1.54, 1.807) is 36.4 Å². The Balaban J connectivity index is 1.61. The third-order valence-electron chi connectivity index (χ3n) is 5.18. The number of nitrogens with zero attached hydrogens (tertiary/aromatic N) is 1. The van der Waals surface area contributed by atoms with Gasteiger partial charge in [0, 0.05) is 13.1 Å². The van der Waals surface area contributed by atoms with E-state index in [-0.39, 0.29) is 24.1 Å². The zero-order valence-corrected chi connectivity index (χ0v) is 18.8. The highest BCUT2D eigenvalue weighted by molar-refractivity contribution is 6.04. The number of rotatable bonds is 10. The number of benzene rings is 3. The molecule has 0 unspecified atom stereocenters. The van der Waals surface area contributed by atoms with Gasteiger partial charge in [-0.25, -0.2) is 4.39 Å². The number of methoxy groups -OCH3 is 1. The van der Waals surface area contributed by atoms with Crippen molar-refractivity contribution in [3.05, 3.63) is 95.3 Å². The van der Waals surface area contributed by atoms with Crippen LogP contribution in [0.2, 0.25) is 0 Å². The Labute approximate surface area is 193 Å². The Hall–Kier alpha value is -3.71. The van der Waals surface area contributed by atoms with Gasteiger partial charge in [-0.3, -0.25) is 14.5 Å². The van der Waals surface area contributed by atoms with Crippen LogP contribution in [0.5, 0.6) is 5.75 Å². The van der Waals surface area contributed by atoms with E-state index < -0.39 is 5.82 Å². The molecule has 3 aromatic carbocycles. The van der Waals surface area contributed by atoms with Gasteiger partial charge in [0.2, 0.25) is 5.91 Å². The second-order valence-corrected chi connectivity index (χ2v) is 7.53. The van der Waals surface area contributed by atoms with Crippen molar-refractivity contribution in [2.24, 2.45) is 0 Å². The normalized spacial score (nSPS) is 10.7. The molecule has 0 atom stereocenters. The summed E-state index contributed by atoms with van der Waals surface area (Å²) in [7, 11) is 1.42. The topological polar surface area (TPSA) is 70.7 Å². The lowest BCUT2D eigenvalue weighted by Crippen LogP contribution is -2.33. The van der Waals surface area contributed by atoms with E-state index in [0.717, 1.165) is 11.1 Å². The van der Waals surface area contributed by atoms with Crippen molar-refractivity contribution in [3.8, 4) is 5.75 Å². The molecule has 2 amide bonds. The van der Waals surface area contributed by atoms with Crippen LogP contribution in [0.4, 0.5) is 10.1 Å². The van der Waals surface area contributed by atoms with Gasteiger partial charge in [0.25, 0.3) is 5.91 Å². The van der Waals surface area contributed by atoms with Gasteiger partial charge in [-0.2, -0.15) is 0 Å². The van der Waals surface area contributed by atoms with Crippen LogP contribution in [0.25, 0.3) is 0 Å². The SMILES string of the molecule is CCN(CC(=O)Nc1ccccc1C(=O)NCc1ccccc1)Cc1ccc(OC)c(F)c1. The lowest BCUT2D eigenvalue weighted by atomic mass is 10.1. The third kappa shape index (κ3) is 6.89. The van der Waals surface area contributed by atoms with Gasteiger partial charge >= 0.3 is 0 Å². The van der Waals surface area contributed by atoms with E-state index in [2.05, 4.69) is 10.6 Å². The highest BCUT2D eigenvalue weighted by Crippen LogP contribution is 2.19. The van der Waals surface area contributed by atoms with Gasteiger partial charge in [0.15, 0.2) is 11.6 Å². The van der Waals surface area contributed by atoms with E-state index in [0.29, 0.717) is 30.9 Å². The van der Waals surface area contributed by atoms with E-state index >= 15 is 0 Å². The largest absolute Gasteiger partial charge is 0.494 e. The molecule has 0 heterocycles. The molecular weight excluding hydrogens is 421 g/mol. The van der Waals surface area contributed by atoms with Gasteiger partial charge in [-0.1, -0.05) is 55.5 Å². The molecule has 33 heavy (non-hydrogen) atoms. The third-order valence-corrected chi connectivity index (χ3v) is 5.18. The molecule has 3 rings (SSSR count). The van der Waals surface area contributed by atoms with Gasteiger partial charge in [-0.05, 0) is 41.9 Å². The Bertz CT molecular complexity index is 1090. The average molecular weight is 450 g/mol. The van der Waals surface area contributed by atoms with Crippen LogP contribution < -0.4 is 15.4 Å². The molecule has 0 spiro atoms. The molecule has 0 bridgehead atoms. The molecule has 172 valence electrons. The number of halogens is 1. The summed E-state index contributed by atoms with van der Waals surface area (Å²) in [5.41, 5.74) is 2.56. The Morgan fingerprint density at radius 3 is 2.39 bits per heavy atom. The Morgan fingerprint density at radius 1 is 0.970 bits per heavy atom. The zero-order valence-electron chi connectivity index (χ0n) is 18.8. The van der Waals surface area contributed by atoms with Crippen LogP contribution in [-0.4, -0.2) is 36.9 Å². The number of carbonyl (C=O) groups excluding carboxylic acids is 2. The van der Waals surface area contributed by atoms with Crippen molar-refractivity contribution in [1.82, 2.24) is 10.2 Å². The van der Waals surface area contributed by atoms with E-state index in [1.807, 2.05) is 42.2 Å². The molecule has 0 aliphatic rings. The molecule has 2 N–H and O–H groups in total. The number of amides is 2. The molecule has 0 aromatic heterocycles. The van der Waals surface area contributed by atoms with Crippen molar-refractivity contribution in [2.75, 3.05) is 25.5 Å². The number of likely N-dealkylation sites (N-methyl/N-ethyl adjacent to an activating group) is 1. The van der Waals surface area contributed by atoms with Crippen LogP contribution in [0.1, 0.15) is 28.4 Å². The summed E-state index contributed by atoms with van der Waals surface area (Å²) < 4.78 is 18.9. The Morgan fingerprint density at radius 2 is 1.70 bits per heavy atom. The first-order valence-corrected chi connectivity index (χ1v) is 10.8. The number of hydrogen-bond acceptors (Lipinski definition) is 4. The zero-order chi connectivity index (χ0) is 23.6. The minimum atomic E-state index is -0.439. The van der Waals surface area contributed by atoms with Crippen LogP contribution in [0.15, 0.2) is 72.8 Å². The summed E-state index contributed by atoms with van der Waals surface area (Å²) in [5.74, 6) is -0.780. The quantitative estimate of drug-likeness (QED) is 0.486. The fourth-order valence-electron chi connectivity index (χ4n) is 3.40. The van der Waals surface area contributed by atoms with Gasteiger partial charge < -0.3 is 15.4 Å². The number of para-hydroxylation sites is 1. The molecule has 0 fully saturated rings. The minimum Gasteiger partial charge on any atom is -0.494 e. The second kappa shape index (κ2) is 11.8. The molecule has 7 heteroatoms. The fraction of sp³-hybridized carbons (Fsp3) is 0.231. The first-order chi connectivity index (χ1) is 16.0. The number of carbonyl (C=O) groups is 2. The van der Waals surface area contributed by atoms with E-state index in [4.69, 9.17) is 4.74 Å². The summed E-state index contributed by atoms with van der Waals surface area (Å²) in [5, 5.41) is 5.72. The molecule has 6 nitrogen and oxygen atoms in total. The van der Waals surface area contributed by atoms with Crippen LogP contribution in [0, 0.1) is 5.82 Å². The standard InChI is InChI=1S/C26H28FN3O3/c1-3-30(17-20-13-14-24(33-2)22(27)15-20)18-25(31)29-23-12-8-7-11-21(23)26(32)28-16-19-9-5-4-6-10-19/h4-15H,3,16-18H2,1-2H3,(H,28,32)(H,29,31).